The van der Waals surface area contributed by atoms with Crippen LogP contribution in [0.2, 0.25) is 0 Å². The van der Waals surface area contributed by atoms with Gasteiger partial charge in [-0.15, -0.1) is 0 Å². The Labute approximate surface area is 115 Å². The number of ether oxygens (including phenoxy) is 1. The highest BCUT2D eigenvalue weighted by Gasteiger charge is 2.33. The minimum Gasteiger partial charge on any atom is -0.377 e. The van der Waals surface area contributed by atoms with Crippen LogP contribution in [0.5, 0.6) is 0 Å². The summed E-state index contributed by atoms with van der Waals surface area (Å²) in [7, 11) is 6.07. The van der Waals surface area contributed by atoms with E-state index in [1.165, 1.54) is 0 Å². The molecule has 0 aliphatic carbocycles. The number of carbonyl (C=O) groups excluding carboxylic acids is 1. The van der Waals surface area contributed by atoms with Gasteiger partial charge in [-0.1, -0.05) is 12.2 Å². The molecule has 0 aromatic rings. The number of rotatable bonds is 7. The highest BCUT2D eigenvalue weighted by atomic mass is 32.1. The summed E-state index contributed by atoms with van der Waals surface area (Å²) in [5, 5.41) is 0. The van der Waals surface area contributed by atoms with E-state index in [-0.39, 0.29) is 6.10 Å². The molecule has 1 fully saturated rings. The summed E-state index contributed by atoms with van der Waals surface area (Å²) < 4.78 is 5.84. The lowest BCUT2D eigenvalue weighted by atomic mass is 10.2. The van der Waals surface area contributed by atoms with Gasteiger partial charge >= 0.3 is 0 Å². The third kappa shape index (κ3) is 4.63. The van der Waals surface area contributed by atoms with Crippen molar-refractivity contribution in [3.8, 4) is 0 Å². The summed E-state index contributed by atoms with van der Waals surface area (Å²) >= 11 is 5.43. The van der Waals surface area contributed by atoms with Gasteiger partial charge in [-0.3, -0.25) is 4.90 Å². The first-order chi connectivity index (χ1) is 8.56. The monoisotopic (exact) mass is 272 g/mol. The molecule has 0 amide bonds. The largest absolute Gasteiger partial charge is 0.377 e. The number of hydrogen-bond acceptors (Lipinski definition) is 4. The van der Waals surface area contributed by atoms with Gasteiger partial charge in [-0.2, -0.15) is 0 Å². The highest BCUT2D eigenvalue weighted by Crippen LogP contribution is 2.21. The fourth-order valence-corrected chi connectivity index (χ4v) is 2.52. The maximum atomic E-state index is 10.2. The summed E-state index contributed by atoms with van der Waals surface area (Å²) in [5.41, 5.74) is 0. The molecule has 0 bridgehead atoms. The van der Waals surface area contributed by atoms with Crippen molar-refractivity contribution >= 4 is 23.5 Å². The Hall–Kier alpha value is -0.520. The molecule has 1 saturated heterocycles. The number of thiocarbonyl (C=S) groups is 1. The summed E-state index contributed by atoms with van der Waals surface area (Å²) in [6.07, 6.45) is 4.74. The molecule has 5 heteroatoms. The maximum Gasteiger partial charge on any atom is 0.119 e. The van der Waals surface area contributed by atoms with Crippen LogP contribution in [0.4, 0.5) is 0 Å². The number of likely N-dealkylation sites (N-methyl/N-ethyl adjacent to an activating group) is 2. The number of likely N-dealkylation sites (tertiary alicyclic amines) is 1. The van der Waals surface area contributed by atoms with E-state index in [2.05, 4.69) is 11.9 Å². The molecule has 1 rings (SSSR count). The van der Waals surface area contributed by atoms with Gasteiger partial charge in [0.15, 0.2) is 0 Å². The van der Waals surface area contributed by atoms with Crippen molar-refractivity contribution in [1.82, 2.24) is 9.80 Å². The Kier molecular flexibility index (Phi) is 6.75. The van der Waals surface area contributed by atoms with E-state index in [0.717, 1.165) is 43.7 Å². The molecule has 0 saturated carbocycles. The molecule has 0 spiro atoms. The summed E-state index contributed by atoms with van der Waals surface area (Å²) in [6, 6.07) is 0.315. The van der Waals surface area contributed by atoms with Crippen LogP contribution >= 0.6 is 12.2 Å². The number of nitrogens with zero attached hydrogens (tertiary/aromatic N) is 2. The molecule has 0 unspecified atom stereocenters. The standard InChI is InChI=1S/C13H24N2O2S/c1-14(2)13(18)12-9-11(10-15(12)3)17-8-6-4-5-7-16/h7,11-12H,4-6,8-10H2,1-3H3/t11-,12+/m1/s1. The highest BCUT2D eigenvalue weighted by molar-refractivity contribution is 7.80. The molecular formula is C13H24N2O2S. The van der Waals surface area contributed by atoms with Gasteiger partial charge < -0.3 is 14.4 Å². The van der Waals surface area contributed by atoms with Crippen LogP contribution in [0.15, 0.2) is 0 Å². The van der Waals surface area contributed by atoms with E-state index in [1.807, 2.05) is 19.0 Å². The number of unbranched alkanes of at least 4 members (excludes halogenated alkanes) is 2. The zero-order chi connectivity index (χ0) is 13.5. The fourth-order valence-electron chi connectivity index (χ4n) is 2.24. The van der Waals surface area contributed by atoms with Crippen LogP contribution in [0.3, 0.4) is 0 Å². The van der Waals surface area contributed by atoms with Crippen LogP contribution in [0.25, 0.3) is 0 Å². The molecule has 0 radical (unpaired) electrons. The Morgan fingerprint density at radius 2 is 2.22 bits per heavy atom. The topological polar surface area (TPSA) is 32.8 Å². The lowest BCUT2D eigenvalue weighted by molar-refractivity contribution is -0.108. The summed E-state index contributed by atoms with van der Waals surface area (Å²) in [4.78, 5) is 15.4. The zero-order valence-corrected chi connectivity index (χ0v) is 12.4. The average molecular weight is 272 g/mol. The van der Waals surface area contributed by atoms with Crippen LogP contribution in [-0.4, -0.2) is 67.5 Å². The van der Waals surface area contributed by atoms with Gasteiger partial charge in [0.25, 0.3) is 0 Å². The van der Waals surface area contributed by atoms with Crippen LogP contribution < -0.4 is 0 Å². The normalized spacial score (nSPS) is 24.2. The minimum absolute atomic E-state index is 0.272. The van der Waals surface area contributed by atoms with Crippen molar-refractivity contribution in [3.05, 3.63) is 0 Å². The SMILES string of the molecule is CN(C)C(=S)[C@@H]1C[C@@H](OCCCCC=O)CN1C. The van der Waals surface area contributed by atoms with Gasteiger partial charge in [0, 0.05) is 33.7 Å². The van der Waals surface area contributed by atoms with Gasteiger partial charge in [0.05, 0.1) is 17.1 Å². The second kappa shape index (κ2) is 7.81. The van der Waals surface area contributed by atoms with E-state index in [0.29, 0.717) is 12.5 Å². The first-order valence-corrected chi connectivity index (χ1v) is 6.93. The molecule has 2 atom stereocenters. The fraction of sp³-hybridized carbons (Fsp3) is 0.846. The number of aldehydes is 1. The van der Waals surface area contributed by atoms with Crippen LogP contribution in [-0.2, 0) is 9.53 Å². The van der Waals surface area contributed by atoms with Crippen molar-refractivity contribution in [2.45, 2.75) is 37.8 Å². The second-order valence-corrected chi connectivity index (χ2v) is 5.50. The predicted octanol–water partition coefficient (Wildman–Crippen LogP) is 1.33. The average Bonchev–Trinajstić information content (AvgIpc) is 2.69. The molecule has 1 aliphatic rings. The Bertz CT molecular complexity index is 284. The minimum atomic E-state index is 0.272. The smallest absolute Gasteiger partial charge is 0.119 e. The van der Waals surface area contributed by atoms with E-state index in [4.69, 9.17) is 17.0 Å². The van der Waals surface area contributed by atoms with Gasteiger partial charge in [-0.05, 0) is 26.3 Å². The van der Waals surface area contributed by atoms with Crippen molar-refractivity contribution in [2.75, 3.05) is 34.3 Å². The quantitative estimate of drug-likeness (QED) is 0.397. The zero-order valence-electron chi connectivity index (χ0n) is 11.6. The molecular weight excluding hydrogens is 248 g/mol. The van der Waals surface area contributed by atoms with Gasteiger partial charge in [0.1, 0.15) is 6.29 Å². The lowest BCUT2D eigenvalue weighted by Gasteiger charge is -2.24. The Morgan fingerprint density at radius 1 is 1.50 bits per heavy atom. The molecule has 1 heterocycles. The van der Waals surface area contributed by atoms with Gasteiger partial charge in [-0.25, -0.2) is 0 Å². The second-order valence-electron chi connectivity index (χ2n) is 5.08. The molecule has 0 N–H and O–H groups in total. The third-order valence-corrected chi connectivity index (χ3v) is 3.94. The summed E-state index contributed by atoms with van der Waals surface area (Å²) in [5.74, 6) is 0. The summed E-state index contributed by atoms with van der Waals surface area (Å²) in [6.45, 7) is 1.68. The van der Waals surface area contributed by atoms with Crippen molar-refractivity contribution in [2.24, 2.45) is 0 Å². The molecule has 104 valence electrons. The molecule has 0 aromatic carbocycles. The van der Waals surface area contributed by atoms with Crippen LogP contribution in [0, 0.1) is 0 Å². The molecule has 18 heavy (non-hydrogen) atoms. The maximum absolute atomic E-state index is 10.2. The molecule has 0 aromatic heterocycles. The predicted molar refractivity (Wildman–Crippen MR) is 77.0 cm³/mol. The van der Waals surface area contributed by atoms with E-state index in [9.17, 15) is 4.79 Å². The lowest BCUT2D eigenvalue weighted by Crippen LogP contribution is -2.39. The Morgan fingerprint density at radius 3 is 2.83 bits per heavy atom. The first-order valence-electron chi connectivity index (χ1n) is 6.53. The molecule has 4 nitrogen and oxygen atoms in total. The van der Waals surface area contributed by atoms with Crippen LogP contribution in [0.1, 0.15) is 25.7 Å². The van der Waals surface area contributed by atoms with E-state index in [1.54, 1.807) is 0 Å². The van der Waals surface area contributed by atoms with Crippen molar-refractivity contribution in [3.63, 3.8) is 0 Å². The first kappa shape index (κ1) is 15.5. The van der Waals surface area contributed by atoms with E-state index >= 15 is 0 Å². The number of carbonyl (C=O) groups is 1. The van der Waals surface area contributed by atoms with Gasteiger partial charge in [0.2, 0.25) is 0 Å². The third-order valence-electron chi connectivity index (χ3n) is 3.31. The van der Waals surface area contributed by atoms with E-state index < -0.39 is 0 Å². The number of hydrogen-bond donors (Lipinski definition) is 0. The van der Waals surface area contributed by atoms with Crippen molar-refractivity contribution < 1.29 is 9.53 Å². The van der Waals surface area contributed by atoms with Crippen molar-refractivity contribution in [1.29, 1.82) is 0 Å². The Balaban J connectivity index is 2.26. The molecule has 1 aliphatic heterocycles.